The van der Waals surface area contributed by atoms with E-state index < -0.39 is 0 Å². The molecule has 0 bridgehead atoms. The van der Waals surface area contributed by atoms with Gasteiger partial charge < -0.3 is 15.7 Å². The quantitative estimate of drug-likeness (QED) is 0.793. The van der Waals surface area contributed by atoms with Crippen molar-refractivity contribution < 1.29 is 9.90 Å². The number of likely N-dealkylation sites (tertiary alicyclic amines) is 1. The van der Waals surface area contributed by atoms with Gasteiger partial charge in [0.2, 0.25) is 5.91 Å². The number of hydrogen-bond donors (Lipinski definition) is 2. The summed E-state index contributed by atoms with van der Waals surface area (Å²) in [6.45, 7) is 3.58. The van der Waals surface area contributed by atoms with Crippen LogP contribution in [0.15, 0.2) is 0 Å². The minimum Gasteiger partial charge on any atom is -0.394 e. The molecule has 0 aromatic carbocycles. The molecule has 1 aliphatic carbocycles. The Kier molecular flexibility index (Phi) is 4.28. The van der Waals surface area contributed by atoms with Crippen LogP contribution in [0.2, 0.25) is 0 Å². The summed E-state index contributed by atoms with van der Waals surface area (Å²) in [6, 6.07) is 0.0280. The molecule has 0 unspecified atom stereocenters. The molecule has 1 saturated heterocycles. The third-order valence-electron chi connectivity index (χ3n) is 4.92. The minimum absolute atomic E-state index is 0.0280. The van der Waals surface area contributed by atoms with Crippen molar-refractivity contribution in [3.8, 4) is 0 Å². The largest absolute Gasteiger partial charge is 0.394 e. The maximum absolute atomic E-state index is 12.8. The molecule has 0 aromatic heterocycles. The van der Waals surface area contributed by atoms with E-state index in [-0.39, 0.29) is 24.0 Å². The molecule has 4 heteroatoms. The van der Waals surface area contributed by atoms with Gasteiger partial charge in [0.25, 0.3) is 0 Å². The third kappa shape index (κ3) is 2.41. The highest BCUT2D eigenvalue weighted by atomic mass is 16.3. The SMILES string of the molecule is CC1CCC(CN)(C(=O)N2CCC[C@H]2CO)CC1. The second-order valence-electron chi connectivity index (χ2n) is 6.14. The zero-order valence-corrected chi connectivity index (χ0v) is 11.4. The maximum atomic E-state index is 12.8. The zero-order valence-electron chi connectivity index (χ0n) is 11.4. The van der Waals surface area contributed by atoms with Crippen LogP contribution >= 0.6 is 0 Å². The lowest BCUT2D eigenvalue weighted by Gasteiger charge is -2.41. The van der Waals surface area contributed by atoms with Crippen molar-refractivity contribution in [3.05, 3.63) is 0 Å². The fraction of sp³-hybridized carbons (Fsp3) is 0.929. The van der Waals surface area contributed by atoms with Crippen molar-refractivity contribution in [3.63, 3.8) is 0 Å². The number of nitrogens with zero attached hydrogens (tertiary/aromatic N) is 1. The summed E-state index contributed by atoms with van der Waals surface area (Å²) in [6.07, 6.45) is 5.96. The Morgan fingerprint density at radius 1 is 1.39 bits per heavy atom. The van der Waals surface area contributed by atoms with Crippen molar-refractivity contribution in [1.82, 2.24) is 4.90 Å². The van der Waals surface area contributed by atoms with Gasteiger partial charge >= 0.3 is 0 Å². The Hall–Kier alpha value is -0.610. The number of aliphatic hydroxyl groups excluding tert-OH is 1. The van der Waals surface area contributed by atoms with E-state index in [0.29, 0.717) is 12.5 Å². The molecule has 3 N–H and O–H groups in total. The van der Waals surface area contributed by atoms with Crippen LogP contribution in [0.4, 0.5) is 0 Å². The van der Waals surface area contributed by atoms with E-state index in [4.69, 9.17) is 5.73 Å². The molecule has 2 fully saturated rings. The summed E-state index contributed by atoms with van der Waals surface area (Å²) in [7, 11) is 0. The highest BCUT2D eigenvalue weighted by Gasteiger charge is 2.44. The zero-order chi connectivity index (χ0) is 13.2. The van der Waals surface area contributed by atoms with Crippen LogP contribution in [-0.4, -0.2) is 41.7 Å². The first-order valence-corrected chi connectivity index (χ1v) is 7.25. The van der Waals surface area contributed by atoms with Crippen molar-refractivity contribution in [1.29, 1.82) is 0 Å². The first-order valence-electron chi connectivity index (χ1n) is 7.25. The van der Waals surface area contributed by atoms with E-state index in [1.165, 1.54) is 0 Å². The monoisotopic (exact) mass is 254 g/mol. The highest BCUT2D eigenvalue weighted by Crippen LogP contribution is 2.40. The van der Waals surface area contributed by atoms with Crippen LogP contribution in [0, 0.1) is 11.3 Å². The molecule has 2 rings (SSSR count). The average Bonchev–Trinajstić information content (AvgIpc) is 2.87. The van der Waals surface area contributed by atoms with E-state index in [9.17, 15) is 9.90 Å². The summed E-state index contributed by atoms with van der Waals surface area (Å²) in [5, 5.41) is 9.36. The van der Waals surface area contributed by atoms with Gasteiger partial charge in [0.1, 0.15) is 0 Å². The van der Waals surface area contributed by atoms with Crippen LogP contribution in [0.25, 0.3) is 0 Å². The topological polar surface area (TPSA) is 66.6 Å². The first kappa shape index (κ1) is 13.8. The number of nitrogens with two attached hydrogens (primary N) is 1. The third-order valence-corrected chi connectivity index (χ3v) is 4.92. The lowest BCUT2D eigenvalue weighted by atomic mass is 9.70. The Bertz CT molecular complexity index is 298. The molecule has 0 aromatic rings. The predicted octanol–water partition coefficient (Wildman–Crippen LogP) is 1.12. The normalized spacial score (nSPS) is 36.9. The van der Waals surface area contributed by atoms with E-state index >= 15 is 0 Å². The molecule has 0 radical (unpaired) electrons. The van der Waals surface area contributed by atoms with Gasteiger partial charge in [0.15, 0.2) is 0 Å². The standard InChI is InChI=1S/C14H26N2O2/c1-11-4-6-14(10-15,7-5-11)13(18)16-8-2-3-12(16)9-17/h11-12,17H,2-10,15H2,1H3/t11?,12-,14?/m0/s1. The van der Waals surface area contributed by atoms with Crippen LogP contribution in [0.3, 0.4) is 0 Å². The van der Waals surface area contributed by atoms with Gasteiger partial charge in [0, 0.05) is 13.1 Å². The summed E-state index contributed by atoms with van der Waals surface area (Å²) >= 11 is 0. The summed E-state index contributed by atoms with van der Waals surface area (Å²) in [5.74, 6) is 0.915. The fourth-order valence-electron chi connectivity index (χ4n) is 3.42. The van der Waals surface area contributed by atoms with Gasteiger partial charge in [-0.2, -0.15) is 0 Å². The van der Waals surface area contributed by atoms with Gasteiger partial charge in [-0.1, -0.05) is 6.92 Å². The second-order valence-corrected chi connectivity index (χ2v) is 6.14. The summed E-state index contributed by atoms with van der Waals surface area (Å²) < 4.78 is 0. The summed E-state index contributed by atoms with van der Waals surface area (Å²) in [5.41, 5.74) is 5.59. The van der Waals surface area contributed by atoms with Gasteiger partial charge in [-0.15, -0.1) is 0 Å². The molecule has 1 amide bonds. The number of amides is 1. The molecule has 4 nitrogen and oxygen atoms in total. The van der Waals surface area contributed by atoms with Crippen LogP contribution in [0.5, 0.6) is 0 Å². The molecule has 1 heterocycles. The fourth-order valence-corrected chi connectivity index (χ4v) is 3.42. The summed E-state index contributed by atoms with van der Waals surface area (Å²) in [4.78, 5) is 14.7. The minimum atomic E-state index is -0.343. The van der Waals surface area contributed by atoms with E-state index in [0.717, 1.165) is 45.1 Å². The van der Waals surface area contributed by atoms with Crippen molar-refractivity contribution in [2.24, 2.45) is 17.1 Å². The van der Waals surface area contributed by atoms with Gasteiger partial charge in [-0.05, 0) is 44.4 Å². The number of hydrogen-bond acceptors (Lipinski definition) is 3. The van der Waals surface area contributed by atoms with Gasteiger partial charge in [-0.25, -0.2) is 0 Å². The molecule has 2 aliphatic rings. The van der Waals surface area contributed by atoms with Crippen LogP contribution < -0.4 is 5.73 Å². The first-order chi connectivity index (χ1) is 8.63. The molecule has 1 aliphatic heterocycles. The predicted molar refractivity (Wildman–Crippen MR) is 70.9 cm³/mol. The van der Waals surface area contributed by atoms with Crippen LogP contribution in [0.1, 0.15) is 45.4 Å². The number of aliphatic hydroxyl groups is 1. The van der Waals surface area contributed by atoms with Crippen molar-refractivity contribution in [2.45, 2.75) is 51.5 Å². The van der Waals surface area contributed by atoms with E-state index in [1.807, 2.05) is 4.90 Å². The number of rotatable bonds is 3. The lowest BCUT2D eigenvalue weighted by molar-refractivity contribution is -0.145. The Labute approximate surface area is 110 Å². The Morgan fingerprint density at radius 3 is 2.61 bits per heavy atom. The molecular formula is C14H26N2O2. The van der Waals surface area contributed by atoms with Crippen LogP contribution in [-0.2, 0) is 4.79 Å². The number of carbonyl (C=O) groups excluding carboxylic acids is 1. The average molecular weight is 254 g/mol. The van der Waals surface area contributed by atoms with Gasteiger partial charge in [-0.3, -0.25) is 4.79 Å². The second kappa shape index (κ2) is 5.57. The van der Waals surface area contributed by atoms with Crippen molar-refractivity contribution in [2.75, 3.05) is 19.7 Å². The Morgan fingerprint density at radius 2 is 2.06 bits per heavy atom. The molecule has 1 saturated carbocycles. The molecule has 104 valence electrons. The molecule has 18 heavy (non-hydrogen) atoms. The smallest absolute Gasteiger partial charge is 0.230 e. The van der Waals surface area contributed by atoms with Crippen molar-refractivity contribution >= 4 is 5.91 Å². The molecular weight excluding hydrogens is 228 g/mol. The Balaban J connectivity index is 2.10. The van der Waals surface area contributed by atoms with Gasteiger partial charge in [0.05, 0.1) is 18.1 Å². The van der Waals surface area contributed by atoms with E-state index in [1.54, 1.807) is 0 Å². The molecule has 0 spiro atoms. The number of carbonyl (C=O) groups is 1. The highest BCUT2D eigenvalue weighted by molar-refractivity contribution is 5.83. The van der Waals surface area contributed by atoms with E-state index in [2.05, 4.69) is 6.92 Å². The lowest BCUT2D eigenvalue weighted by Crippen LogP contribution is -2.51. The molecule has 1 atom stereocenters. The maximum Gasteiger partial charge on any atom is 0.230 e.